The van der Waals surface area contributed by atoms with Crippen LogP contribution in [0.2, 0.25) is 0 Å². The first kappa shape index (κ1) is 40.5. The van der Waals surface area contributed by atoms with Gasteiger partial charge >= 0.3 is 0 Å². The number of benzene rings is 4. The van der Waals surface area contributed by atoms with Crippen LogP contribution in [0.3, 0.4) is 0 Å². The Morgan fingerprint density at radius 2 is 0.750 bits per heavy atom. The lowest BCUT2D eigenvalue weighted by molar-refractivity contribution is 0.237. The molecule has 0 N–H and O–H groups in total. The van der Waals surface area contributed by atoms with E-state index in [2.05, 4.69) is 173 Å². The summed E-state index contributed by atoms with van der Waals surface area (Å²) in [5.74, 6) is 4.21. The van der Waals surface area contributed by atoms with Gasteiger partial charge in [0, 0.05) is 141 Å². The molecule has 0 aliphatic rings. The molecule has 310 valence electrons. The van der Waals surface area contributed by atoms with Crippen LogP contribution in [0.5, 0.6) is 0 Å². The van der Waals surface area contributed by atoms with Crippen molar-refractivity contribution in [3.05, 3.63) is 146 Å². The third kappa shape index (κ3) is 9.00. The molecule has 0 fully saturated rings. The number of nitrogens with zero attached hydrogens (tertiary/aromatic N) is 12. The zero-order valence-corrected chi connectivity index (χ0v) is 36.0. The second-order valence-electron chi connectivity index (χ2n) is 16.2. The van der Waals surface area contributed by atoms with E-state index < -0.39 is 0 Å². The molecule has 0 unspecified atom stereocenters. The molecule has 0 atom stereocenters. The van der Waals surface area contributed by atoms with Crippen molar-refractivity contribution in [3.63, 3.8) is 0 Å². The van der Waals surface area contributed by atoms with Crippen LogP contribution in [0.4, 0.5) is 11.4 Å². The number of hydrogen-bond donors (Lipinski definition) is 0. The number of hydrogen-bond acceptors (Lipinski definition) is 8. The van der Waals surface area contributed by atoms with E-state index in [9.17, 15) is 0 Å². The smallest absolute Gasteiger partial charge is 0.122 e. The molecule has 12 nitrogen and oxygen atoms in total. The lowest BCUT2D eigenvalue weighted by Gasteiger charge is -2.30. The molecule has 0 bridgehead atoms. The highest BCUT2D eigenvalue weighted by molar-refractivity contribution is 6.13. The van der Waals surface area contributed by atoms with Gasteiger partial charge in [-0.1, -0.05) is 60.7 Å². The lowest BCUT2D eigenvalue weighted by atomic mass is 9.90. The molecule has 8 aromatic rings. The molecule has 0 aliphatic heterocycles. The fraction of sp³-hybridized carbons (Fsp3) is 0.333. The summed E-state index contributed by atoms with van der Waals surface area (Å²) in [6, 6.07) is 26.9. The Bertz CT molecular complexity index is 2380. The first-order valence-electron chi connectivity index (χ1n) is 21.0. The second-order valence-corrected chi connectivity index (χ2v) is 16.2. The zero-order valence-electron chi connectivity index (χ0n) is 36.0. The highest BCUT2D eigenvalue weighted by atomic mass is 15.2. The van der Waals surface area contributed by atoms with Crippen molar-refractivity contribution < 1.29 is 0 Å². The van der Waals surface area contributed by atoms with Crippen molar-refractivity contribution >= 4 is 32.9 Å². The van der Waals surface area contributed by atoms with E-state index in [1.54, 1.807) is 0 Å². The summed E-state index contributed by atoms with van der Waals surface area (Å²) in [4.78, 5) is 28.5. The molecule has 4 heterocycles. The van der Waals surface area contributed by atoms with Gasteiger partial charge in [0.2, 0.25) is 0 Å². The Morgan fingerprint density at radius 3 is 1.07 bits per heavy atom. The monoisotopic (exact) mass is 802 g/mol. The van der Waals surface area contributed by atoms with Gasteiger partial charge in [0.25, 0.3) is 0 Å². The first-order valence-corrected chi connectivity index (χ1v) is 21.0. The van der Waals surface area contributed by atoms with Crippen molar-refractivity contribution in [3.8, 4) is 11.1 Å². The van der Waals surface area contributed by atoms with Crippen LogP contribution in [0.25, 0.3) is 32.7 Å². The first-order chi connectivity index (χ1) is 29.2. The highest BCUT2D eigenvalue weighted by Gasteiger charge is 2.22. The largest absolute Gasteiger partial charge is 0.374 e. The lowest BCUT2D eigenvalue weighted by Crippen LogP contribution is -2.30. The number of anilines is 2. The molecule has 0 spiro atoms. The molecule has 0 radical (unpaired) electrons. The SMILES string of the molecule is CN(CCCN(Cc1nccn1C)Cc1nccn1C)c1ccc2ccccc2c1-c1c(N(C)CCCN(Cc2nccn2C)Cc2nccn2C)ccc2ccccc12. The van der Waals surface area contributed by atoms with Gasteiger partial charge in [0.1, 0.15) is 23.3 Å². The van der Waals surface area contributed by atoms with Gasteiger partial charge in [0.15, 0.2) is 0 Å². The van der Waals surface area contributed by atoms with Crippen LogP contribution in [0, 0.1) is 0 Å². The van der Waals surface area contributed by atoms with Crippen LogP contribution in [-0.4, -0.2) is 88.3 Å². The molecule has 4 aromatic heterocycles. The average molecular weight is 803 g/mol. The maximum atomic E-state index is 4.65. The van der Waals surface area contributed by atoms with Gasteiger partial charge in [-0.15, -0.1) is 0 Å². The topological polar surface area (TPSA) is 84.2 Å². The van der Waals surface area contributed by atoms with Crippen molar-refractivity contribution in [2.75, 3.05) is 50.1 Å². The molecule has 0 aliphatic carbocycles. The molecule has 0 amide bonds. The summed E-state index contributed by atoms with van der Waals surface area (Å²) in [5.41, 5.74) is 5.02. The Morgan fingerprint density at radius 1 is 0.417 bits per heavy atom. The van der Waals surface area contributed by atoms with E-state index >= 15 is 0 Å². The summed E-state index contributed by atoms with van der Waals surface area (Å²) in [7, 11) is 12.8. The van der Waals surface area contributed by atoms with Gasteiger partial charge in [-0.05, 0) is 46.5 Å². The molecule has 8 rings (SSSR count). The molecular formula is C48H58N12. The molecule has 0 saturated carbocycles. The molecule has 12 heteroatoms. The molecule has 60 heavy (non-hydrogen) atoms. The highest BCUT2D eigenvalue weighted by Crippen LogP contribution is 2.45. The number of aryl methyl sites for hydroxylation is 4. The third-order valence-corrected chi connectivity index (χ3v) is 12.0. The predicted molar refractivity (Wildman–Crippen MR) is 244 cm³/mol. The van der Waals surface area contributed by atoms with Gasteiger partial charge in [0.05, 0.1) is 26.2 Å². The maximum Gasteiger partial charge on any atom is 0.122 e. The fourth-order valence-electron chi connectivity index (χ4n) is 8.41. The van der Waals surface area contributed by atoms with E-state index in [-0.39, 0.29) is 0 Å². The van der Waals surface area contributed by atoms with E-state index in [1.165, 1.54) is 44.0 Å². The van der Waals surface area contributed by atoms with Crippen molar-refractivity contribution in [2.24, 2.45) is 28.2 Å². The third-order valence-electron chi connectivity index (χ3n) is 12.0. The minimum Gasteiger partial charge on any atom is -0.374 e. The standard InChI is InChI=1S/C48H58N12/c1-53(25-11-27-59(33-43-49-21-29-55(43)3)34-44-50-22-30-56(44)4)41-19-17-37-13-7-9-15-39(37)47(41)48-40-16-10-8-14-38(40)18-20-42(48)54(2)26-12-28-60(35-45-51-23-31-57(45)5)36-46-52-24-32-58(46)6/h7-10,13-24,29-32H,11-12,25-28,33-36H2,1-6H3. The van der Waals surface area contributed by atoms with Crippen LogP contribution in [0.15, 0.2) is 122 Å². The average Bonchev–Trinajstić information content (AvgIpc) is 4.07. The molecule has 4 aromatic carbocycles. The van der Waals surface area contributed by atoms with Crippen LogP contribution < -0.4 is 9.80 Å². The minimum atomic E-state index is 0.761. The normalized spacial score (nSPS) is 11.8. The zero-order chi connectivity index (χ0) is 41.6. The van der Waals surface area contributed by atoms with E-state index in [0.717, 1.165) is 88.5 Å². The van der Waals surface area contributed by atoms with E-state index in [1.807, 2.05) is 49.6 Å². The van der Waals surface area contributed by atoms with Crippen LogP contribution in [-0.2, 0) is 54.4 Å². The number of aromatic nitrogens is 8. The van der Waals surface area contributed by atoms with Crippen molar-refractivity contribution in [1.29, 1.82) is 0 Å². The van der Waals surface area contributed by atoms with Crippen molar-refractivity contribution in [1.82, 2.24) is 48.0 Å². The Balaban J connectivity index is 1.07. The van der Waals surface area contributed by atoms with E-state index in [4.69, 9.17) is 0 Å². The summed E-state index contributed by atoms with van der Waals surface area (Å²) >= 11 is 0. The summed E-state index contributed by atoms with van der Waals surface area (Å²) < 4.78 is 8.44. The predicted octanol–water partition coefficient (Wildman–Crippen LogP) is 7.65. The van der Waals surface area contributed by atoms with Crippen LogP contribution in [0.1, 0.15) is 36.1 Å². The minimum absolute atomic E-state index is 0.761. The van der Waals surface area contributed by atoms with E-state index in [0.29, 0.717) is 0 Å². The van der Waals surface area contributed by atoms with Gasteiger partial charge in [-0.25, -0.2) is 19.9 Å². The van der Waals surface area contributed by atoms with Gasteiger partial charge in [-0.3, -0.25) is 9.80 Å². The Labute approximate surface area is 354 Å². The van der Waals surface area contributed by atoms with Crippen LogP contribution >= 0.6 is 0 Å². The maximum absolute atomic E-state index is 4.65. The summed E-state index contributed by atoms with van der Waals surface area (Å²) in [6.07, 6.45) is 17.5. The number of rotatable bonds is 19. The Kier molecular flexibility index (Phi) is 12.4. The van der Waals surface area contributed by atoms with Gasteiger partial charge < -0.3 is 28.1 Å². The summed E-state index contributed by atoms with van der Waals surface area (Å²) in [6.45, 7) is 6.64. The van der Waals surface area contributed by atoms with Gasteiger partial charge in [-0.2, -0.15) is 0 Å². The summed E-state index contributed by atoms with van der Waals surface area (Å²) in [5, 5.41) is 4.99. The number of imidazole rings is 4. The molecule has 0 saturated heterocycles. The van der Waals surface area contributed by atoms with Crippen molar-refractivity contribution in [2.45, 2.75) is 39.0 Å². The quantitative estimate of drug-likeness (QED) is 0.0826. The second kappa shape index (κ2) is 18.4. The molecular weight excluding hydrogens is 745 g/mol. The fourth-order valence-corrected chi connectivity index (χ4v) is 8.41. The number of fused-ring (bicyclic) bond motifs is 2. The Hall–Kier alpha value is -6.24.